The molecule has 1 aromatic carbocycles. The number of carbonyl (C=O) groups excluding carboxylic acids is 1. The van der Waals surface area contributed by atoms with E-state index in [4.69, 9.17) is 0 Å². The van der Waals surface area contributed by atoms with Crippen molar-refractivity contribution in [2.24, 2.45) is 0 Å². The summed E-state index contributed by atoms with van der Waals surface area (Å²) >= 11 is 0. The number of aliphatic hydroxyl groups excluding tert-OH is 1. The van der Waals surface area contributed by atoms with Crippen LogP contribution in [0.25, 0.3) is 0 Å². The van der Waals surface area contributed by atoms with Crippen molar-refractivity contribution in [3.63, 3.8) is 0 Å². The van der Waals surface area contributed by atoms with E-state index in [2.05, 4.69) is 0 Å². The highest BCUT2D eigenvalue weighted by Crippen LogP contribution is 2.28. The molecule has 1 aromatic rings. The van der Waals surface area contributed by atoms with Gasteiger partial charge in [0.05, 0.1) is 11.2 Å². The molecule has 116 valence electrons. The van der Waals surface area contributed by atoms with Crippen molar-refractivity contribution in [3.05, 3.63) is 29.8 Å². The van der Waals surface area contributed by atoms with Gasteiger partial charge in [-0.15, -0.1) is 0 Å². The Morgan fingerprint density at radius 1 is 1.43 bits per heavy atom. The maximum atomic E-state index is 12.7. The summed E-state index contributed by atoms with van der Waals surface area (Å²) < 4.78 is 0. The van der Waals surface area contributed by atoms with E-state index in [-0.39, 0.29) is 12.5 Å². The Bertz CT molecular complexity index is 518. The monoisotopic (exact) mass is 292 g/mol. The molecule has 1 aliphatic rings. The number of nitrogens with zero attached hydrogens (tertiary/aromatic N) is 2. The fraction of sp³-hybridized carbons (Fsp3) is 0.562. The van der Waals surface area contributed by atoms with Crippen molar-refractivity contribution in [2.75, 3.05) is 32.1 Å². The van der Waals surface area contributed by atoms with Gasteiger partial charge in [0.15, 0.2) is 0 Å². The molecule has 0 aromatic heterocycles. The first kappa shape index (κ1) is 15.8. The van der Waals surface area contributed by atoms with E-state index < -0.39 is 11.7 Å². The summed E-state index contributed by atoms with van der Waals surface area (Å²) in [6.45, 7) is 2.48. The Kier molecular flexibility index (Phi) is 4.54. The van der Waals surface area contributed by atoms with Crippen molar-refractivity contribution in [1.29, 1.82) is 0 Å². The molecule has 21 heavy (non-hydrogen) atoms. The molecular weight excluding hydrogens is 268 g/mol. The van der Waals surface area contributed by atoms with Gasteiger partial charge < -0.3 is 20.0 Å². The number of hydrogen-bond donors (Lipinski definition) is 2. The molecule has 2 atom stereocenters. The zero-order valence-corrected chi connectivity index (χ0v) is 12.9. The lowest BCUT2D eigenvalue weighted by Crippen LogP contribution is -2.56. The molecule has 1 heterocycles. The average molecular weight is 292 g/mol. The number of anilines is 1. The summed E-state index contributed by atoms with van der Waals surface area (Å²) in [6, 6.07) is 7.43. The van der Waals surface area contributed by atoms with E-state index in [1.807, 2.05) is 44.1 Å². The molecule has 1 saturated heterocycles. The molecule has 1 amide bonds. The predicted octanol–water partition coefficient (Wildman–Crippen LogP) is 1.10. The van der Waals surface area contributed by atoms with Crippen LogP contribution in [0.3, 0.4) is 0 Å². The lowest BCUT2D eigenvalue weighted by Gasteiger charge is -2.41. The molecule has 5 heteroatoms. The number of benzene rings is 1. The van der Waals surface area contributed by atoms with E-state index in [0.717, 1.165) is 5.69 Å². The molecule has 0 spiro atoms. The largest absolute Gasteiger partial charge is 0.388 e. The van der Waals surface area contributed by atoms with E-state index in [1.165, 1.54) is 0 Å². The summed E-state index contributed by atoms with van der Waals surface area (Å²) in [5.41, 5.74) is 0.405. The van der Waals surface area contributed by atoms with Crippen LogP contribution in [-0.4, -0.2) is 59.9 Å². The maximum Gasteiger partial charge on any atom is 0.256 e. The van der Waals surface area contributed by atoms with Crippen LogP contribution in [0.4, 0.5) is 5.69 Å². The van der Waals surface area contributed by atoms with Crippen LogP contribution in [0.2, 0.25) is 0 Å². The van der Waals surface area contributed by atoms with Gasteiger partial charge in [0.25, 0.3) is 5.91 Å². The number of aliphatic hydroxyl groups is 2. The average Bonchev–Trinajstić information content (AvgIpc) is 2.49. The molecule has 5 nitrogen and oxygen atoms in total. The number of hydrogen-bond acceptors (Lipinski definition) is 4. The summed E-state index contributed by atoms with van der Waals surface area (Å²) in [5.74, 6) is -0.100. The van der Waals surface area contributed by atoms with E-state index >= 15 is 0 Å². The third-order valence-electron chi connectivity index (χ3n) is 4.34. The van der Waals surface area contributed by atoms with Crippen molar-refractivity contribution in [3.8, 4) is 0 Å². The van der Waals surface area contributed by atoms with Gasteiger partial charge in [0, 0.05) is 32.9 Å². The van der Waals surface area contributed by atoms with Crippen LogP contribution >= 0.6 is 0 Å². The lowest BCUT2D eigenvalue weighted by atomic mass is 9.86. The second-order valence-electron chi connectivity index (χ2n) is 5.89. The normalized spacial score (nSPS) is 25.8. The Hall–Kier alpha value is -1.59. The van der Waals surface area contributed by atoms with Gasteiger partial charge in [-0.1, -0.05) is 19.1 Å². The highest BCUT2D eigenvalue weighted by atomic mass is 16.3. The van der Waals surface area contributed by atoms with Gasteiger partial charge in [-0.05, 0) is 25.0 Å². The minimum Gasteiger partial charge on any atom is -0.388 e. The molecular formula is C16H24N2O3. The van der Waals surface area contributed by atoms with Gasteiger partial charge in [0.1, 0.15) is 6.10 Å². The molecule has 0 radical (unpaired) electrons. The van der Waals surface area contributed by atoms with Crippen LogP contribution in [0.1, 0.15) is 30.1 Å². The number of likely N-dealkylation sites (tertiary alicyclic amines) is 1. The standard InChI is InChI=1S/C16H24N2O3/c1-4-16(21)9-10-18(11-14(16)19)15(20)12-7-5-6-8-13(12)17(2)3/h5-8,14,19,21H,4,9-11H2,1-3H3/t14-,16-/m0/s1. The van der Waals surface area contributed by atoms with Crippen LogP contribution in [0.15, 0.2) is 24.3 Å². The number of amides is 1. The zero-order chi connectivity index (χ0) is 15.6. The van der Waals surface area contributed by atoms with Crippen molar-refractivity contribution in [2.45, 2.75) is 31.5 Å². The molecule has 0 unspecified atom stereocenters. The van der Waals surface area contributed by atoms with Gasteiger partial charge in [-0.25, -0.2) is 0 Å². The van der Waals surface area contributed by atoms with Crippen molar-refractivity contribution in [1.82, 2.24) is 4.90 Å². The number of carbonyl (C=O) groups is 1. The second-order valence-corrected chi connectivity index (χ2v) is 5.89. The topological polar surface area (TPSA) is 64.0 Å². The molecule has 2 rings (SSSR count). The van der Waals surface area contributed by atoms with Gasteiger partial charge >= 0.3 is 0 Å². The summed E-state index contributed by atoms with van der Waals surface area (Å²) in [7, 11) is 3.79. The number of para-hydroxylation sites is 1. The van der Waals surface area contributed by atoms with E-state index in [0.29, 0.717) is 24.9 Å². The summed E-state index contributed by atoms with van der Waals surface area (Å²) in [5, 5.41) is 20.4. The van der Waals surface area contributed by atoms with E-state index in [1.54, 1.807) is 11.0 Å². The van der Waals surface area contributed by atoms with Crippen LogP contribution in [0.5, 0.6) is 0 Å². The minimum absolute atomic E-state index is 0.100. The molecule has 1 fully saturated rings. The molecule has 2 N–H and O–H groups in total. The first-order valence-corrected chi connectivity index (χ1v) is 7.35. The van der Waals surface area contributed by atoms with E-state index in [9.17, 15) is 15.0 Å². The zero-order valence-electron chi connectivity index (χ0n) is 12.9. The Morgan fingerprint density at radius 3 is 2.67 bits per heavy atom. The Morgan fingerprint density at radius 2 is 2.10 bits per heavy atom. The first-order chi connectivity index (χ1) is 9.89. The Labute approximate surface area is 125 Å². The fourth-order valence-electron chi connectivity index (χ4n) is 2.78. The maximum absolute atomic E-state index is 12.7. The van der Waals surface area contributed by atoms with Gasteiger partial charge in [0.2, 0.25) is 0 Å². The van der Waals surface area contributed by atoms with Crippen molar-refractivity contribution >= 4 is 11.6 Å². The smallest absolute Gasteiger partial charge is 0.256 e. The van der Waals surface area contributed by atoms with Crippen LogP contribution in [0, 0.1) is 0 Å². The van der Waals surface area contributed by atoms with Gasteiger partial charge in [-0.3, -0.25) is 4.79 Å². The third-order valence-corrected chi connectivity index (χ3v) is 4.34. The SMILES string of the molecule is CC[C@]1(O)CCN(C(=O)c2ccccc2N(C)C)C[C@@H]1O. The third kappa shape index (κ3) is 3.04. The molecule has 1 aliphatic heterocycles. The summed E-state index contributed by atoms with van der Waals surface area (Å²) in [6.07, 6.45) is -0.00269. The van der Waals surface area contributed by atoms with Crippen LogP contribution in [-0.2, 0) is 0 Å². The highest BCUT2D eigenvalue weighted by Gasteiger charge is 2.40. The van der Waals surface area contributed by atoms with Crippen molar-refractivity contribution < 1.29 is 15.0 Å². The predicted molar refractivity (Wildman–Crippen MR) is 82.5 cm³/mol. The second kappa shape index (κ2) is 6.03. The van der Waals surface area contributed by atoms with Crippen LogP contribution < -0.4 is 4.90 Å². The number of rotatable bonds is 3. The number of β-amino-alcohol motifs (C(OH)–C–C–N with tert-alkyl or cyclic N) is 1. The molecule has 0 bridgehead atoms. The molecule has 0 saturated carbocycles. The van der Waals surface area contributed by atoms with Gasteiger partial charge in [-0.2, -0.15) is 0 Å². The Balaban J connectivity index is 2.19. The first-order valence-electron chi connectivity index (χ1n) is 7.35. The summed E-state index contributed by atoms with van der Waals surface area (Å²) in [4.78, 5) is 16.2. The quantitative estimate of drug-likeness (QED) is 0.876. The molecule has 0 aliphatic carbocycles. The number of piperidine rings is 1. The fourth-order valence-corrected chi connectivity index (χ4v) is 2.78. The minimum atomic E-state index is -1.07. The highest BCUT2D eigenvalue weighted by molar-refractivity contribution is 5.99. The lowest BCUT2D eigenvalue weighted by molar-refractivity contribution is -0.114.